The van der Waals surface area contributed by atoms with Gasteiger partial charge in [-0.1, -0.05) is 30.3 Å². The Labute approximate surface area is 160 Å². The molecule has 1 heterocycles. The van der Waals surface area contributed by atoms with E-state index in [4.69, 9.17) is 4.74 Å². The van der Waals surface area contributed by atoms with Gasteiger partial charge in [0.25, 0.3) is 5.56 Å². The Bertz CT molecular complexity index is 1060. The second-order valence-corrected chi connectivity index (χ2v) is 6.79. The number of carbonyl (C=O) groups excluding carboxylic acids is 2. The number of fused-ring (bicyclic) bond motifs is 1. The predicted molar refractivity (Wildman–Crippen MR) is 104 cm³/mol. The van der Waals surface area contributed by atoms with E-state index in [2.05, 4.69) is 5.10 Å². The second kappa shape index (κ2) is 8.18. The van der Waals surface area contributed by atoms with Crippen molar-refractivity contribution in [1.82, 2.24) is 9.78 Å². The van der Waals surface area contributed by atoms with Crippen LogP contribution in [0.4, 0.5) is 0 Å². The fourth-order valence-corrected chi connectivity index (χ4v) is 3.11. The lowest BCUT2D eigenvalue weighted by Crippen LogP contribution is -2.23. The summed E-state index contributed by atoms with van der Waals surface area (Å²) in [6, 6.07) is 14.1. The first-order valence-corrected chi connectivity index (χ1v) is 9.50. The summed E-state index contributed by atoms with van der Waals surface area (Å²) in [5, 5.41) is 5.26. The zero-order chi connectivity index (χ0) is 19.4. The van der Waals surface area contributed by atoms with Crippen molar-refractivity contribution in [3.05, 3.63) is 70.1 Å². The van der Waals surface area contributed by atoms with Gasteiger partial charge < -0.3 is 4.74 Å². The zero-order valence-corrected chi connectivity index (χ0v) is 15.8. The molecule has 0 aliphatic carbocycles. The highest BCUT2D eigenvalue weighted by molar-refractivity contribution is 7.98. The van der Waals surface area contributed by atoms with Crippen molar-refractivity contribution in [3.8, 4) is 0 Å². The van der Waals surface area contributed by atoms with Crippen molar-refractivity contribution in [3.63, 3.8) is 0 Å². The molecule has 0 spiro atoms. The number of aryl methyl sites for hydroxylation is 1. The highest BCUT2D eigenvalue weighted by atomic mass is 32.2. The van der Waals surface area contributed by atoms with Gasteiger partial charge >= 0.3 is 5.97 Å². The molecule has 0 N–H and O–H groups in total. The fraction of sp³-hybridized carbons (Fsp3) is 0.200. The molecule has 0 atom stereocenters. The third kappa shape index (κ3) is 4.25. The van der Waals surface area contributed by atoms with Crippen molar-refractivity contribution < 1.29 is 14.3 Å². The van der Waals surface area contributed by atoms with Crippen LogP contribution in [0.15, 0.2) is 58.2 Å². The van der Waals surface area contributed by atoms with E-state index in [1.165, 1.54) is 11.7 Å². The van der Waals surface area contributed by atoms with Crippen LogP contribution >= 0.6 is 11.8 Å². The van der Waals surface area contributed by atoms with Crippen LogP contribution in [-0.4, -0.2) is 34.4 Å². The number of ether oxygens (including phenoxy) is 1. The maximum atomic E-state index is 12.2. The number of ketones is 1. The van der Waals surface area contributed by atoms with Crippen molar-refractivity contribution >= 4 is 34.3 Å². The molecule has 0 amide bonds. The third-order valence-electron chi connectivity index (χ3n) is 4.12. The fourth-order valence-electron chi connectivity index (χ4n) is 2.70. The number of esters is 1. The molecule has 0 aliphatic rings. The van der Waals surface area contributed by atoms with Crippen LogP contribution in [0, 0.1) is 0 Å². The molecule has 0 unspecified atom stereocenters. The molecule has 7 heteroatoms. The Balaban J connectivity index is 1.69. The molecule has 0 saturated carbocycles. The topological polar surface area (TPSA) is 78.3 Å². The van der Waals surface area contributed by atoms with E-state index >= 15 is 0 Å². The van der Waals surface area contributed by atoms with Gasteiger partial charge in [0.2, 0.25) is 0 Å². The Morgan fingerprint density at radius 3 is 2.41 bits per heavy atom. The highest BCUT2D eigenvalue weighted by Crippen LogP contribution is 2.16. The summed E-state index contributed by atoms with van der Waals surface area (Å²) >= 11 is 1.58. The van der Waals surface area contributed by atoms with E-state index in [-0.39, 0.29) is 24.4 Å². The van der Waals surface area contributed by atoms with Crippen LogP contribution in [0.2, 0.25) is 0 Å². The minimum absolute atomic E-state index is 0.118. The number of benzene rings is 2. The molecule has 2 aromatic carbocycles. The standard InChI is InChI=1S/C20H18N2O4S/c1-22-20(25)16-6-4-3-5-15(16)17(21-22)11-19(24)26-12-18(23)13-7-9-14(27-2)10-8-13/h3-10H,11-12H2,1-2H3. The number of aromatic nitrogens is 2. The molecule has 3 rings (SSSR count). The first-order chi connectivity index (χ1) is 13.0. The summed E-state index contributed by atoms with van der Waals surface area (Å²) in [6.45, 7) is -0.332. The van der Waals surface area contributed by atoms with Crippen LogP contribution < -0.4 is 5.56 Å². The van der Waals surface area contributed by atoms with Gasteiger partial charge in [-0.25, -0.2) is 4.68 Å². The molecule has 0 bridgehead atoms. The van der Waals surface area contributed by atoms with E-state index in [1.54, 1.807) is 48.2 Å². The zero-order valence-electron chi connectivity index (χ0n) is 15.0. The van der Waals surface area contributed by atoms with Gasteiger partial charge in [0, 0.05) is 22.9 Å². The molecule has 1 aromatic heterocycles. The quantitative estimate of drug-likeness (QED) is 0.370. The summed E-state index contributed by atoms with van der Waals surface area (Å²) in [6.07, 6.45) is 1.84. The lowest BCUT2D eigenvalue weighted by molar-refractivity contribution is -0.141. The number of thioether (sulfide) groups is 1. The van der Waals surface area contributed by atoms with Gasteiger partial charge in [0.05, 0.1) is 17.5 Å². The summed E-state index contributed by atoms with van der Waals surface area (Å²) in [5.74, 6) is -0.838. The maximum Gasteiger partial charge on any atom is 0.312 e. The largest absolute Gasteiger partial charge is 0.457 e. The first kappa shape index (κ1) is 18.8. The molecule has 0 radical (unpaired) electrons. The van der Waals surface area contributed by atoms with Crippen molar-refractivity contribution in [2.75, 3.05) is 12.9 Å². The molecule has 27 heavy (non-hydrogen) atoms. The summed E-state index contributed by atoms with van der Waals surface area (Å²) in [7, 11) is 1.53. The Morgan fingerprint density at radius 2 is 1.74 bits per heavy atom. The van der Waals surface area contributed by atoms with Gasteiger partial charge in [0.1, 0.15) is 0 Å². The van der Waals surface area contributed by atoms with Gasteiger partial charge in [-0.15, -0.1) is 11.8 Å². The number of hydrogen-bond donors (Lipinski definition) is 0. The van der Waals surface area contributed by atoms with Gasteiger partial charge in [0.15, 0.2) is 12.4 Å². The normalized spacial score (nSPS) is 10.7. The predicted octanol–water partition coefficient (Wildman–Crippen LogP) is 2.62. The van der Waals surface area contributed by atoms with Crippen LogP contribution in [0.5, 0.6) is 0 Å². The van der Waals surface area contributed by atoms with Crippen LogP contribution in [0.25, 0.3) is 10.8 Å². The summed E-state index contributed by atoms with van der Waals surface area (Å²) in [5.41, 5.74) is 0.701. The molecule has 138 valence electrons. The number of Topliss-reactive ketones (excluding diaryl/α,β-unsaturated/α-hetero) is 1. The van der Waals surface area contributed by atoms with E-state index in [9.17, 15) is 14.4 Å². The maximum absolute atomic E-state index is 12.2. The van der Waals surface area contributed by atoms with Crippen LogP contribution in [-0.2, 0) is 23.0 Å². The molecule has 6 nitrogen and oxygen atoms in total. The van der Waals surface area contributed by atoms with Gasteiger partial charge in [-0.3, -0.25) is 14.4 Å². The number of hydrogen-bond acceptors (Lipinski definition) is 6. The Morgan fingerprint density at radius 1 is 1.07 bits per heavy atom. The smallest absolute Gasteiger partial charge is 0.312 e. The van der Waals surface area contributed by atoms with Crippen molar-refractivity contribution in [2.24, 2.45) is 7.05 Å². The first-order valence-electron chi connectivity index (χ1n) is 8.27. The van der Waals surface area contributed by atoms with Gasteiger partial charge in [-0.2, -0.15) is 5.10 Å². The Hall–Kier alpha value is -2.93. The number of carbonyl (C=O) groups is 2. The number of rotatable bonds is 6. The van der Waals surface area contributed by atoms with E-state index in [0.29, 0.717) is 22.0 Å². The average molecular weight is 382 g/mol. The lowest BCUT2D eigenvalue weighted by Gasteiger charge is -2.08. The molecule has 0 aliphatic heterocycles. The third-order valence-corrected chi connectivity index (χ3v) is 4.86. The molecule has 0 saturated heterocycles. The van der Waals surface area contributed by atoms with Crippen LogP contribution in [0.1, 0.15) is 16.1 Å². The van der Waals surface area contributed by atoms with Crippen LogP contribution in [0.3, 0.4) is 0 Å². The SMILES string of the molecule is CSc1ccc(C(=O)COC(=O)Cc2nn(C)c(=O)c3ccccc23)cc1. The average Bonchev–Trinajstić information content (AvgIpc) is 2.70. The number of nitrogens with zero attached hydrogens (tertiary/aromatic N) is 2. The van der Waals surface area contributed by atoms with Crippen molar-refractivity contribution in [2.45, 2.75) is 11.3 Å². The molecule has 3 aromatic rings. The molecular formula is C20H18N2O4S. The molecule has 0 fully saturated rings. The minimum Gasteiger partial charge on any atom is -0.457 e. The van der Waals surface area contributed by atoms with Gasteiger partial charge in [-0.05, 0) is 24.5 Å². The van der Waals surface area contributed by atoms with E-state index in [0.717, 1.165) is 4.90 Å². The van der Waals surface area contributed by atoms with Crippen molar-refractivity contribution in [1.29, 1.82) is 0 Å². The Kier molecular flexibility index (Phi) is 5.71. The van der Waals surface area contributed by atoms with E-state index < -0.39 is 5.97 Å². The lowest BCUT2D eigenvalue weighted by atomic mass is 10.1. The van der Waals surface area contributed by atoms with E-state index in [1.807, 2.05) is 18.4 Å². The highest BCUT2D eigenvalue weighted by Gasteiger charge is 2.15. The minimum atomic E-state index is -0.569. The monoisotopic (exact) mass is 382 g/mol. The summed E-state index contributed by atoms with van der Waals surface area (Å²) < 4.78 is 6.31. The second-order valence-electron chi connectivity index (χ2n) is 5.91. The summed E-state index contributed by atoms with van der Waals surface area (Å²) in [4.78, 5) is 37.5. The molecular weight excluding hydrogens is 364 g/mol.